The Kier molecular flexibility index (Phi) is 11.2. The molecule has 0 aliphatic heterocycles. The van der Waals surface area contributed by atoms with Crippen molar-refractivity contribution < 1.29 is 4.42 Å². The van der Waals surface area contributed by atoms with E-state index >= 15 is 0 Å². The van der Waals surface area contributed by atoms with Gasteiger partial charge in [-0.05, 0) is 78.0 Å². The third-order valence-electron chi connectivity index (χ3n) is 14.0. The maximum absolute atomic E-state index is 7.46. The van der Waals surface area contributed by atoms with Gasteiger partial charge in [-0.3, -0.25) is 0 Å². The molecule has 2 aromatic heterocycles. The first-order valence-electron chi connectivity index (χ1n) is 24.7. The summed E-state index contributed by atoms with van der Waals surface area (Å²) in [4.78, 5) is 0. The normalized spacial score (nSPS) is 11.3. The summed E-state index contributed by atoms with van der Waals surface area (Å²) < 4.78 is 7.46. The molecule has 13 rings (SSSR count). The Morgan fingerprint density at radius 2 is 0.575 bits per heavy atom. The van der Waals surface area contributed by atoms with Gasteiger partial charge < -0.3 is 4.42 Å². The average molecular weight is 932 g/mol. The van der Waals surface area contributed by atoms with Crippen molar-refractivity contribution in [2.24, 2.45) is 0 Å². The summed E-state index contributed by atoms with van der Waals surface area (Å²) in [5.41, 5.74) is 21.4. The van der Waals surface area contributed by atoms with E-state index < -0.39 is 0 Å². The van der Waals surface area contributed by atoms with Gasteiger partial charge in [-0.25, -0.2) is 0 Å². The van der Waals surface area contributed by atoms with Crippen LogP contribution in [0.4, 0.5) is 0 Å². The molecule has 0 saturated carbocycles. The van der Waals surface area contributed by atoms with Gasteiger partial charge in [0.1, 0.15) is 22.6 Å². The van der Waals surface area contributed by atoms with E-state index in [4.69, 9.17) is 19.8 Å². The quantitative estimate of drug-likeness (QED) is 0.137. The van der Waals surface area contributed by atoms with Gasteiger partial charge in [-0.2, -0.15) is 0 Å². The van der Waals surface area contributed by atoms with Crippen molar-refractivity contribution in [3.8, 4) is 112 Å². The number of benzene rings is 11. The molecule has 0 N–H and O–H groups in total. The highest BCUT2D eigenvalue weighted by Crippen LogP contribution is 2.57. The van der Waals surface area contributed by atoms with E-state index in [1.54, 1.807) is 0 Å². The third-order valence-corrected chi connectivity index (χ3v) is 14.0. The predicted molar refractivity (Wildman–Crippen MR) is 301 cm³/mol. The molecule has 0 unspecified atom stereocenters. The molecule has 2 heterocycles. The van der Waals surface area contributed by atoms with Crippen molar-refractivity contribution in [2.75, 3.05) is 0 Å². The van der Waals surface area contributed by atoms with Gasteiger partial charge >= 0.3 is 0 Å². The maximum atomic E-state index is 7.46. The first kappa shape index (κ1) is 43.3. The fourth-order valence-corrected chi connectivity index (χ4v) is 10.8. The summed E-state index contributed by atoms with van der Waals surface area (Å²) in [5, 5.41) is 17.2. The van der Waals surface area contributed by atoms with Crippen LogP contribution >= 0.6 is 0 Å². The summed E-state index contributed by atoms with van der Waals surface area (Å²) in [6.07, 6.45) is 0. The summed E-state index contributed by atoms with van der Waals surface area (Å²) in [5.74, 6) is 0. The molecule has 0 aliphatic carbocycles. The number of hydrogen-bond donors (Lipinski definition) is 0. The molecule has 0 spiro atoms. The number of furan rings is 1. The van der Waals surface area contributed by atoms with E-state index in [1.165, 1.54) is 0 Å². The molecule has 0 aliphatic rings. The van der Waals surface area contributed by atoms with Crippen molar-refractivity contribution in [1.82, 2.24) is 15.4 Å². The fraction of sp³-hybridized carbons (Fsp3) is 0. The molecule has 0 amide bonds. The van der Waals surface area contributed by atoms with E-state index in [0.717, 1.165) is 128 Å². The zero-order valence-corrected chi connectivity index (χ0v) is 39.7. The standard InChI is InChI=1S/C69H45N3O/c1-6-26-46(27-7-1)51-36-16-20-40-55(51)62-61(50-34-14-5-15-35-50)66(64-59-44-24-25-45-60(59)73-69(64)63(62)56-41-21-17-37-52(56)47-28-8-2-9-29-47)68-65(57-42-22-18-38-53(57)48-30-10-3-11-31-48)67(70-72-71-68)58-43-23-19-39-54(58)49-32-12-4-13-33-49/h1-45H. The minimum Gasteiger partial charge on any atom is -0.455 e. The van der Waals surface area contributed by atoms with Gasteiger partial charge in [0.25, 0.3) is 0 Å². The number of para-hydroxylation sites is 1. The molecule has 0 fully saturated rings. The Morgan fingerprint density at radius 1 is 0.233 bits per heavy atom. The highest BCUT2D eigenvalue weighted by atomic mass is 16.3. The summed E-state index contributed by atoms with van der Waals surface area (Å²) in [6, 6.07) is 96.4. The number of hydrogen-bond acceptors (Lipinski definition) is 4. The zero-order valence-electron chi connectivity index (χ0n) is 39.7. The SMILES string of the molecule is c1ccc(-c2ccccc2-c2nnnc(-c3c(-c4ccccc4)c(-c4ccccc4-c4ccccc4)c(-c4ccccc4-c4ccccc4)c4oc5ccccc5c34)c2-c2ccccc2-c2ccccc2)cc1. The monoisotopic (exact) mass is 931 g/mol. The van der Waals surface area contributed by atoms with Gasteiger partial charge in [0.2, 0.25) is 0 Å². The van der Waals surface area contributed by atoms with Crippen molar-refractivity contribution in [2.45, 2.75) is 0 Å². The molecule has 13 aromatic rings. The molecule has 4 nitrogen and oxygen atoms in total. The summed E-state index contributed by atoms with van der Waals surface area (Å²) in [7, 11) is 0. The molecule has 11 aromatic carbocycles. The van der Waals surface area contributed by atoms with E-state index in [0.29, 0.717) is 5.69 Å². The Morgan fingerprint density at radius 3 is 1.05 bits per heavy atom. The first-order valence-corrected chi connectivity index (χ1v) is 24.7. The Hall–Kier alpha value is -9.77. The molecule has 73 heavy (non-hydrogen) atoms. The second-order valence-corrected chi connectivity index (χ2v) is 18.2. The number of aromatic nitrogens is 3. The third kappa shape index (κ3) is 7.70. The molecular weight excluding hydrogens is 887 g/mol. The molecular formula is C69H45N3O. The van der Waals surface area contributed by atoms with E-state index in [2.05, 4.69) is 273 Å². The largest absolute Gasteiger partial charge is 0.455 e. The Balaban J connectivity index is 1.28. The van der Waals surface area contributed by atoms with Crippen LogP contribution in [0.3, 0.4) is 0 Å². The first-order chi connectivity index (χ1) is 36.3. The lowest BCUT2D eigenvalue weighted by Crippen LogP contribution is -2.05. The molecule has 0 atom stereocenters. The van der Waals surface area contributed by atoms with Gasteiger partial charge in [-0.15, -0.1) is 10.2 Å². The lowest BCUT2D eigenvalue weighted by molar-refractivity contribution is 0.670. The lowest BCUT2D eigenvalue weighted by Gasteiger charge is -2.25. The van der Waals surface area contributed by atoms with Crippen LogP contribution in [-0.2, 0) is 0 Å². The van der Waals surface area contributed by atoms with E-state index in [1.807, 2.05) is 0 Å². The smallest absolute Gasteiger partial charge is 0.144 e. The average Bonchev–Trinajstić information content (AvgIpc) is 3.87. The van der Waals surface area contributed by atoms with Gasteiger partial charge in [0, 0.05) is 44.2 Å². The van der Waals surface area contributed by atoms with Crippen LogP contribution in [0.25, 0.3) is 133 Å². The fourth-order valence-electron chi connectivity index (χ4n) is 10.8. The van der Waals surface area contributed by atoms with Gasteiger partial charge in [-0.1, -0.05) is 267 Å². The summed E-state index contributed by atoms with van der Waals surface area (Å²) >= 11 is 0. The predicted octanol–water partition coefficient (Wildman–Crippen LogP) is 18.4. The molecule has 4 heteroatoms. The van der Waals surface area contributed by atoms with Crippen molar-refractivity contribution in [1.29, 1.82) is 0 Å². The summed E-state index contributed by atoms with van der Waals surface area (Å²) in [6.45, 7) is 0. The molecule has 0 bridgehead atoms. The van der Waals surface area contributed by atoms with Gasteiger partial charge in [0.05, 0.1) is 0 Å². The molecule has 0 radical (unpaired) electrons. The van der Waals surface area contributed by atoms with Crippen molar-refractivity contribution >= 4 is 21.9 Å². The van der Waals surface area contributed by atoms with Crippen LogP contribution in [0.5, 0.6) is 0 Å². The van der Waals surface area contributed by atoms with Crippen molar-refractivity contribution in [3.05, 3.63) is 273 Å². The molecule has 0 saturated heterocycles. The zero-order chi connectivity index (χ0) is 48.5. The number of rotatable bonds is 10. The van der Waals surface area contributed by atoms with Gasteiger partial charge in [0.15, 0.2) is 0 Å². The Labute approximate surface area is 424 Å². The van der Waals surface area contributed by atoms with E-state index in [-0.39, 0.29) is 0 Å². The van der Waals surface area contributed by atoms with Crippen LogP contribution in [-0.4, -0.2) is 15.4 Å². The van der Waals surface area contributed by atoms with Crippen LogP contribution in [0.15, 0.2) is 277 Å². The van der Waals surface area contributed by atoms with Crippen LogP contribution < -0.4 is 0 Å². The highest BCUT2D eigenvalue weighted by Gasteiger charge is 2.33. The highest BCUT2D eigenvalue weighted by molar-refractivity contribution is 6.26. The minimum absolute atomic E-state index is 0.688. The van der Waals surface area contributed by atoms with Crippen LogP contribution in [0.2, 0.25) is 0 Å². The van der Waals surface area contributed by atoms with Crippen molar-refractivity contribution in [3.63, 3.8) is 0 Å². The Bertz CT molecular complexity index is 4110. The number of fused-ring (bicyclic) bond motifs is 3. The lowest BCUT2D eigenvalue weighted by atomic mass is 9.77. The topological polar surface area (TPSA) is 51.8 Å². The second-order valence-electron chi connectivity index (χ2n) is 18.2. The minimum atomic E-state index is 0.688. The van der Waals surface area contributed by atoms with Crippen LogP contribution in [0.1, 0.15) is 0 Å². The maximum Gasteiger partial charge on any atom is 0.144 e. The molecule has 342 valence electrons. The second kappa shape index (κ2) is 18.9. The van der Waals surface area contributed by atoms with Crippen LogP contribution in [0, 0.1) is 0 Å². The number of nitrogens with zero attached hydrogens (tertiary/aromatic N) is 3. The van der Waals surface area contributed by atoms with E-state index in [9.17, 15) is 0 Å².